The van der Waals surface area contributed by atoms with Gasteiger partial charge in [-0.1, -0.05) is 28.1 Å². The van der Waals surface area contributed by atoms with Crippen molar-refractivity contribution >= 4 is 27.8 Å². The molecule has 0 unspecified atom stereocenters. The monoisotopic (exact) mass is 439 g/mol. The molecule has 0 aliphatic carbocycles. The van der Waals surface area contributed by atoms with Crippen LogP contribution in [0, 0.1) is 6.92 Å². The Morgan fingerprint density at radius 2 is 1.89 bits per heavy atom. The van der Waals surface area contributed by atoms with Crippen molar-refractivity contribution in [3.8, 4) is 5.69 Å². The molecule has 1 aliphatic rings. The topological polar surface area (TPSA) is 75.4 Å². The van der Waals surface area contributed by atoms with Gasteiger partial charge in [0, 0.05) is 23.1 Å². The van der Waals surface area contributed by atoms with E-state index >= 15 is 0 Å². The van der Waals surface area contributed by atoms with E-state index in [0.717, 1.165) is 16.6 Å². The zero-order valence-electron chi connectivity index (χ0n) is 15.2. The minimum Gasteiger partial charge on any atom is -0.478 e. The lowest BCUT2D eigenvalue weighted by molar-refractivity contribution is 0.0694. The van der Waals surface area contributed by atoms with Gasteiger partial charge in [0.15, 0.2) is 0 Å². The summed E-state index contributed by atoms with van der Waals surface area (Å²) < 4.78 is 2.66. The lowest BCUT2D eigenvalue weighted by Crippen LogP contribution is -2.36. The lowest BCUT2D eigenvalue weighted by atomic mass is 9.99. The van der Waals surface area contributed by atoms with Crippen molar-refractivity contribution < 1.29 is 14.7 Å². The second-order valence-corrected chi connectivity index (χ2v) is 7.62. The molecule has 0 fully saturated rings. The van der Waals surface area contributed by atoms with Gasteiger partial charge in [-0.3, -0.25) is 4.79 Å². The van der Waals surface area contributed by atoms with Crippen molar-refractivity contribution in [3.63, 3.8) is 0 Å². The molecule has 1 aromatic heterocycles. The van der Waals surface area contributed by atoms with Crippen LogP contribution in [0.5, 0.6) is 0 Å². The number of carboxylic acids is 1. The minimum absolute atomic E-state index is 0.0133. The first-order valence-corrected chi connectivity index (χ1v) is 9.69. The summed E-state index contributed by atoms with van der Waals surface area (Å²) in [5.41, 5.74) is 4.47. The molecule has 2 heterocycles. The Kier molecular flexibility index (Phi) is 4.77. The molecule has 1 aliphatic heterocycles. The van der Waals surface area contributed by atoms with Crippen LogP contribution in [0.15, 0.2) is 53.1 Å². The highest BCUT2D eigenvalue weighted by molar-refractivity contribution is 9.10. The largest absolute Gasteiger partial charge is 0.478 e. The van der Waals surface area contributed by atoms with Crippen molar-refractivity contribution in [2.24, 2.45) is 0 Å². The number of benzene rings is 2. The number of hydrogen-bond donors (Lipinski definition) is 1. The third-order valence-corrected chi connectivity index (χ3v) is 5.84. The molecule has 7 heteroatoms. The molecule has 28 heavy (non-hydrogen) atoms. The highest BCUT2D eigenvalue weighted by Crippen LogP contribution is 2.27. The number of carbonyl (C=O) groups is 2. The average molecular weight is 440 g/mol. The molecule has 1 N–H and O–H groups in total. The number of carboxylic acid groups (broad SMARTS) is 1. The Labute approximate surface area is 170 Å². The van der Waals surface area contributed by atoms with Gasteiger partial charge in [-0.15, -0.1) is 0 Å². The van der Waals surface area contributed by atoms with E-state index in [1.165, 1.54) is 17.3 Å². The highest BCUT2D eigenvalue weighted by atomic mass is 79.9. The fourth-order valence-electron chi connectivity index (χ4n) is 3.54. The Morgan fingerprint density at radius 1 is 1.14 bits per heavy atom. The number of aromatic carboxylic acids is 1. The van der Waals surface area contributed by atoms with E-state index in [-0.39, 0.29) is 11.5 Å². The minimum atomic E-state index is -1.01. The van der Waals surface area contributed by atoms with Crippen LogP contribution in [-0.4, -0.2) is 38.2 Å². The van der Waals surface area contributed by atoms with E-state index in [9.17, 15) is 9.59 Å². The van der Waals surface area contributed by atoms with Gasteiger partial charge >= 0.3 is 5.97 Å². The van der Waals surface area contributed by atoms with Gasteiger partial charge in [-0.25, -0.2) is 9.48 Å². The predicted octanol–water partition coefficient (Wildman–Crippen LogP) is 3.84. The van der Waals surface area contributed by atoms with Gasteiger partial charge in [0.2, 0.25) is 0 Å². The molecule has 6 nitrogen and oxygen atoms in total. The molecule has 0 atom stereocenters. The van der Waals surface area contributed by atoms with Crippen LogP contribution in [0.2, 0.25) is 0 Å². The van der Waals surface area contributed by atoms with Gasteiger partial charge in [0.25, 0.3) is 5.91 Å². The van der Waals surface area contributed by atoms with E-state index < -0.39 is 5.97 Å². The van der Waals surface area contributed by atoms with Crippen molar-refractivity contribution in [1.82, 2.24) is 14.7 Å². The summed E-state index contributed by atoms with van der Waals surface area (Å²) in [6, 6.07) is 13.2. The summed E-state index contributed by atoms with van der Waals surface area (Å²) in [5.74, 6) is -1.02. The van der Waals surface area contributed by atoms with Crippen LogP contribution in [0.1, 0.15) is 37.5 Å². The third kappa shape index (κ3) is 3.22. The van der Waals surface area contributed by atoms with E-state index in [4.69, 9.17) is 5.11 Å². The van der Waals surface area contributed by atoms with Crippen LogP contribution >= 0.6 is 15.9 Å². The molecule has 2 aromatic carbocycles. The summed E-state index contributed by atoms with van der Waals surface area (Å²) in [4.78, 5) is 26.0. The fraction of sp³-hybridized carbons (Fsp3) is 0.190. The zero-order valence-corrected chi connectivity index (χ0v) is 16.8. The zero-order chi connectivity index (χ0) is 19.8. The molecule has 0 bridgehead atoms. The predicted molar refractivity (Wildman–Crippen MR) is 108 cm³/mol. The molecular formula is C21H18BrN3O3. The van der Waals surface area contributed by atoms with Crippen LogP contribution in [0.3, 0.4) is 0 Å². The number of fused-ring (bicyclic) bond motifs is 1. The first kappa shape index (κ1) is 18.4. The molecule has 0 saturated carbocycles. The number of aromatic nitrogens is 2. The number of carbonyl (C=O) groups excluding carboxylic acids is 1. The first-order valence-electron chi connectivity index (χ1n) is 8.89. The van der Waals surface area contributed by atoms with Gasteiger partial charge in [0.1, 0.15) is 5.56 Å². The smallest absolute Gasteiger partial charge is 0.339 e. The maximum absolute atomic E-state index is 12.9. The average Bonchev–Trinajstić information content (AvgIpc) is 3.09. The van der Waals surface area contributed by atoms with E-state index in [1.54, 1.807) is 35.9 Å². The van der Waals surface area contributed by atoms with Gasteiger partial charge in [-0.05, 0) is 54.8 Å². The van der Waals surface area contributed by atoms with E-state index in [1.807, 2.05) is 17.0 Å². The van der Waals surface area contributed by atoms with E-state index in [0.29, 0.717) is 24.3 Å². The number of amides is 1. The lowest BCUT2D eigenvalue weighted by Gasteiger charge is -2.29. The van der Waals surface area contributed by atoms with Crippen LogP contribution in [0.4, 0.5) is 0 Å². The summed E-state index contributed by atoms with van der Waals surface area (Å²) >= 11 is 3.58. The van der Waals surface area contributed by atoms with Crippen LogP contribution in [-0.2, 0) is 13.0 Å². The number of hydrogen-bond acceptors (Lipinski definition) is 3. The molecule has 0 saturated heterocycles. The van der Waals surface area contributed by atoms with Gasteiger partial charge < -0.3 is 10.0 Å². The SMILES string of the molecule is Cc1c(C(=O)O)cnn1-c1ccc(C(=O)N2CCc3c(Br)cccc3C2)cc1. The maximum Gasteiger partial charge on any atom is 0.339 e. The fourth-order valence-corrected chi connectivity index (χ4v) is 4.15. The Bertz CT molecular complexity index is 1070. The molecule has 0 spiro atoms. The maximum atomic E-state index is 12.9. The summed E-state index contributed by atoms with van der Waals surface area (Å²) in [5, 5.41) is 13.3. The second kappa shape index (κ2) is 7.24. The summed E-state index contributed by atoms with van der Waals surface area (Å²) in [6.45, 7) is 2.98. The molecule has 4 rings (SSSR count). The quantitative estimate of drug-likeness (QED) is 0.672. The number of rotatable bonds is 3. The molecule has 142 valence electrons. The Balaban J connectivity index is 1.55. The molecule has 0 radical (unpaired) electrons. The molecular weight excluding hydrogens is 422 g/mol. The molecule has 1 amide bonds. The van der Waals surface area contributed by atoms with Crippen molar-refractivity contribution in [1.29, 1.82) is 0 Å². The third-order valence-electron chi connectivity index (χ3n) is 5.10. The van der Waals surface area contributed by atoms with Crippen molar-refractivity contribution in [3.05, 3.63) is 81.1 Å². The Hall–Kier alpha value is -2.93. The van der Waals surface area contributed by atoms with Crippen LogP contribution in [0.25, 0.3) is 5.69 Å². The number of halogens is 1. The van der Waals surface area contributed by atoms with Crippen molar-refractivity contribution in [2.75, 3.05) is 6.54 Å². The number of nitrogens with zero attached hydrogens (tertiary/aromatic N) is 3. The highest BCUT2D eigenvalue weighted by Gasteiger charge is 2.23. The molecule has 3 aromatic rings. The second-order valence-electron chi connectivity index (χ2n) is 6.76. The van der Waals surface area contributed by atoms with Gasteiger partial charge in [0.05, 0.1) is 17.6 Å². The van der Waals surface area contributed by atoms with Gasteiger partial charge in [-0.2, -0.15) is 5.10 Å². The normalized spacial score (nSPS) is 13.3. The van der Waals surface area contributed by atoms with E-state index in [2.05, 4.69) is 27.1 Å². The summed E-state index contributed by atoms with van der Waals surface area (Å²) in [7, 11) is 0. The van der Waals surface area contributed by atoms with Crippen molar-refractivity contribution in [2.45, 2.75) is 19.9 Å². The first-order chi connectivity index (χ1) is 13.5. The summed E-state index contributed by atoms with van der Waals surface area (Å²) in [6.07, 6.45) is 2.16. The Morgan fingerprint density at radius 3 is 2.57 bits per heavy atom. The van der Waals surface area contributed by atoms with Crippen LogP contribution < -0.4 is 0 Å². The standard InChI is InChI=1S/C21H18BrN3O3/c1-13-18(21(27)28)11-23-25(13)16-7-5-14(6-8-16)20(26)24-10-9-17-15(12-24)3-2-4-19(17)22/h2-8,11H,9-10,12H2,1H3,(H,27,28).